The summed E-state index contributed by atoms with van der Waals surface area (Å²) in [6.07, 6.45) is 2.20. The van der Waals surface area contributed by atoms with E-state index in [4.69, 9.17) is 11.6 Å². The van der Waals surface area contributed by atoms with Gasteiger partial charge in [0.2, 0.25) is 0 Å². The zero-order valence-corrected chi connectivity index (χ0v) is 11.0. The molecule has 17 heavy (non-hydrogen) atoms. The summed E-state index contributed by atoms with van der Waals surface area (Å²) in [6, 6.07) is 14.9. The maximum Gasteiger partial charge on any atom is 0.0439 e. The van der Waals surface area contributed by atoms with Crippen molar-refractivity contribution in [1.82, 2.24) is 0 Å². The van der Waals surface area contributed by atoms with Crippen LogP contribution >= 0.6 is 11.6 Å². The SMILES string of the molecule is CC(C)C(=Cc1ccc2ccccc2c1)CCl. The lowest BCUT2D eigenvalue weighted by molar-refractivity contribution is 0.778. The van der Waals surface area contributed by atoms with E-state index in [-0.39, 0.29) is 0 Å². The van der Waals surface area contributed by atoms with Gasteiger partial charge in [-0.1, -0.05) is 61.9 Å². The predicted octanol–water partition coefficient (Wildman–Crippen LogP) is 5.12. The number of hydrogen-bond acceptors (Lipinski definition) is 0. The molecule has 0 N–H and O–H groups in total. The minimum Gasteiger partial charge on any atom is -0.122 e. The fraction of sp³-hybridized carbons (Fsp3) is 0.250. The highest BCUT2D eigenvalue weighted by Crippen LogP contribution is 2.20. The normalized spacial score (nSPS) is 12.4. The largest absolute Gasteiger partial charge is 0.122 e. The van der Waals surface area contributed by atoms with Crippen molar-refractivity contribution in [3.63, 3.8) is 0 Å². The number of hydrogen-bond donors (Lipinski definition) is 0. The molecule has 0 saturated carbocycles. The van der Waals surface area contributed by atoms with E-state index in [0.717, 1.165) is 0 Å². The zero-order chi connectivity index (χ0) is 12.3. The lowest BCUT2D eigenvalue weighted by Gasteiger charge is -2.08. The number of rotatable bonds is 3. The highest BCUT2D eigenvalue weighted by molar-refractivity contribution is 6.19. The zero-order valence-electron chi connectivity index (χ0n) is 10.3. The van der Waals surface area contributed by atoms with E-state index in [2.05, 4.69) is 62.4 Å². The van der Waals surface area contributed by atoms with Gasteiger partial charge in [-0.15, -0.1) is 11.6 Å². The minimum absolute atomic E-state index is 0.499. The first-order valence-electron chi connectivity index (χ1n) is 5.96. The number of allylic oxidation sites excluding steroid dienone is 1. The summed E-state index contributed by atoms with van der Waals surface area (Å²) in [6.45, 7) is 4.35. The van der Waals surface area contributed by atoms with Crippen molar-refractivity contribution in [2.75, 3.05) is 5.88 Å². The average Bonchev–Trinajstić information content (AvgIpc) is 2.35. The van der Waals surface area contributed by atoms with Crippen molar-refractivity contribution >= 4 is 28.4 Å². The second-order valence-electron chi connectivity index (χ2n) is 4.61. The molecule has 0 aliphatic carbocycles. The van der Waals surface area contributed by atoms with Crippen molar-refractivity contribution in [3.8, 4) is 0 Å². The fourth-order valence-electron chi connectivity index (χ4n) is 1.87. The smallest absolute Gasteiger partial charge is 0.0439 e. The topological polar surface area (TPSA) is 0 Å². The van der Waals surface area contributed by atoms with E-state index in [0.29, 0.717) is 11.8 Å². The fourth-order valence-corrected chi connectivity index (χ4v) is 2.26. The summed E-state index contributed by atoms with van der Waals surface area (Å²) in [5.41, 5.74) is 2.51. The van der Waals surface area contributed by atoms with Crippen molar-refractivity contribution in [1.29, 1.82) is 0 Å². The van der Waals surface area contributed by atoms with E-state index in [9.17, 15) is 0 Å². The van der Waals surface area contributed by atoms with Crippen LogP contribution in [0, 0.1) is 5.92 Å². The van der Waals surface area contributed by atoms with E-state index in [1.165, 1.54) is 21.9 Å². The second kappa shape index (κ2) is 5.37. The molecule has 0 aliphatic heterocycles. The van der Waals surface area contributed by atoms with Crippen LogP contribution < -0.4 is 0 Å². The number of benzene rings is 2. The summed E-state index contributed by atoms with van der Waals surface area (Å²) in [4.78, 5) is 0. The average molecular weight is 245 g/mol. The molecule has 2 aromatic rings. The lowest BCUT2D eigenvalue weighted by Crippen LogP contribution is -1.95. The Balaban J connectivity index is 2.43. The Bertz CT molecular complexity index is 538. The minimum atomic E-state index is 0.499. The van der Waals surface area contributed by atoms with Crippen LogP contribution in [0.25, 0.3) is 16.8 Å². The maximum atomic E-state index is 5.96. The molecule has 0 amide bonds. The van der Waals surface area contributed by atoms with Gasteiger partial charge in [-0.05, 0) is 28.3 Å². The van der Waals surface area contributed by atoms with E-state index in [1.54, 1.807) is 0 Å². The molecule has 0 aliphatic rings. The molecule has 0 atom stereocenters. The monoisotopic (exact) mass is 244 g/mol. The summed E-state index contributed by atoms with van der Waals surface area (Å²) in [7, 11) is 0. The summed E-state index contributed by atoms with van der Waals surface area (Å²) >= 11 is 5.96. The van der Waals surface area contributed by atoms with Crippen LogP contribution in [0.3, 0.4) is 0 Å². The van der Waals surface area contributed by atoms with Gasteiger partial charge in [0, 0.05) is 5.88 Å². The van der Waals surface area contributed by atoms with Crippen LogP contribution in [0.4, 0.5) is 0 Å². The van der Waals surface area contributed by atoms with Gasteiger partial charge in [0.1, 0.15) is 0 Å². The molecule has 1 heteroatoms. The molecule has 0 bridgehead atoms. The van der Waals surface area contributed by atoms with E-state index >= 15 is 0 Å². The third-order valence-corrected chi connectivity index (χ3v) is 3.33. The molecule has 0 fully saturated rings. The van der Waals surface area contributed by atoms with Crippen molar-refractivity contribution in [2.24, 2.45) is 5.92 Å². The quantitative estimate of drug-likeness (QED) is 0.658. The third-order valence-electron chi connectivity index (χ3n) is 3.02. The van der Waals surface area contributed by atoms with Crippen molar-refractivity contribution < 1.29 is 0 Å². The lowest BCUT2D eigenvalue weighted by atomic mass is 10.0. The van der Waals surface area contributed by atoms with Gasteiger partial charge in [0.25, 0.3) is 0 Å². The van der Waals surface area contributed by atoms with Crippen molar-refractivity contribution in [3.05, 3.63) is 53.6 Å². The Morgan fingerprint density at radius 2 is 1.82 bits per heavy atom. The number of alkyl halides is 1. The first-order valence-corrected chi connectivity index (χ1v) is 6.49. The Kier molecular flexibility index (Phi) is 3.86. The van der Waals surface area contributed by atoms with Gasteiger partial charge in [0.15, 0.2) is 0 Å². The maximum absolute atomic E-state index is 5.96. The van der Waals surface area contributed by atoms with Crippen LogP contribution in [0.5, 0.6) is 0 Å². The molecule has 0 unspecified atom stereocenters. The second-order valence-corrected chi connectivity index (χ2v) is 4.88. The summed E-state index contributed by atoms with van der Waals surface area (Å²) < 4.78 is 0. The first kappa shape index (κ1) is 12.2. The summed E-state index contributed by atoms with van der Waals surface area (Å²) in [5.74, 6) is 1.10. The van der Waals surface area contributed by atoms with Gasteiger partial charge in [-0.25, -0.2) is 0 Å². The van der Waals surface area contributed by atoms with E-state index in [1.807, 2.05) is 0 Å². The van der Waals surface area contributed by atoms with E-state index < -0.39 is 0 Å². The van der Waals surface area contributed by atoms with Gasteiger partial charge < -0.3 is 0 Å². The van der Waals surface area contributed by atoms with Crippen LogP contribution in [-0.4, -0.2) is 5.88 Å². The highest BCUT2D eigenvalue weighted by Gasteiger charge is 2.02. The molecule has 0 aromatic heterocycles. The van der Waals surface area contributed by atoms with Gasteiger partial charge in [-0.3, -0.25) is 0 Å². The van der Waals surface area contributed by atoms with Crippen LogP contribution in [0.1, 0.15) is 19.4 Å². The Hall–Kier alpha value is -1.27. The van der Waals surface area contributed by atoms with Crippen LogP contribution in [0.15, 0.2) is 48.0 Å². The number of fused-ring (bicyclic) bond motifs is 1. The predicted molar refractivity (Wildman–Crippen MR) is 77.5 cm³/mol. The Labute approximate surface area is 108 Å². The Morgan fingerprint density at radius 1 is 1.12 bits per heavy atom. The van der Waals surface area contributed by atoms with Gasteiger partial charge in [0.05, 0.1) is 0 Å². The highest BCUT2D eigenvalue weighted by atomic mass is 35.5. The van der Waals surface area contributed by atoms with Crippen LogP contribution in [-0.2, 0) is 0 Å². The molecular weight excluding hydrogens is 228 g/mol. The third kappa shape index (κ3) is 2.89. The standard InChI is InChI=1S/C16H17Cl/c1-12(2)16(11-17)10-13-7-8-14-5-3-4-6-15(14)9-13/h3-10,12H,11H2,1-2H3. The molecule has 0 spiro atoms. The van der Waals surface area contributed by atoms with Gasteiger partial charge in [-0.2, -0.15) is 0 Å². The van der Waals surface area contributed by atoms with Crippen molar-refractivity contribution in [2.45, 2.75) is 13.8 Å². The first-order chi connectivity index (χ1) is 8.20. The number of halogens is 1. The molecule has 88 valence electrons. The molecule has 0 nitrogen and oxygen atoms in total. The Morgan fingerprint density at radius 3 is 2.47 bits per heavy atom. The summed E-state index contributed by atoms with van der Waals surface area (Å²) in [5, 5.41) is 2.56. The molecule has 2 rings (SSSR count). The molecule has 2 aromatic carbocycles. The molecule has 0 saturated heterocycles. The molecular formula is C16H17Cl. The molecule has 0 heterocycles. The molecule has 0 radical (unpaired) electrons. The van der Waals surface area contributed by atoms with Crippen LogP contribution in [0.2, 0.25) is 0 Å². The van der Waals surface area contributed by atoms with Gasteiger partial charge >= 0.3 is 0 Å².